The van der Waals surface area contributed by atoms with E-state index in [4.69, 9.17) is 15.7 Å². The minimum absolute atomic E-state index is 0.246. The Morgan fingerprint density at radius 1 is 1.50 bits per heavy atom. The molecule has 0 radical (unpaired) electrons. The van der Waals surface area contributed by atoms with E-state index < -0.39 is 13.0 Å². The Kier molecular flexibility index (Phi) is 7.54. The fourth-order valence-corrected chi connectivity index (χ4v) is 2.29. The highest BCUT2D eigenvalue weighted by Crippen LogP contribution is 2.27. The van der Waals surface area contributed by atoms with Gasteiger partial charge in [-0.05, 0) is 44.8 Å². The zero-order chi connectivity index (χ0) is 20.5. The first-order chi connectivity index (χ1) is 13.5. The van der Waals surface area contributed by atoms with E-state index in [1.165, 1.54) is 18.5 Å². The lowest BCUT2D eigenvalue weighted by molar-refractivity contribution is 0.122. The molecule has 1 heterocycles. The minimum atomic E-state index is -2.53. The van der Waals surface area contributed by atoms with Gasteiger partial charge in [-0.2, -0.15) is 10.4 Å². The van der Waals surface area contributed by atoms with Crippen LogP contribution in [0.3, 0.4) is 0 Å². The van der Waals surface area contributed by atoms with Crippen molar-refractivity contribution in [2.45, 2.75) is 26.3 Å². The quantitative estimate of drug-likeness (QED) is 0.554. The van der Waals surface area contributed by atoms with E-state index >= 15 is 0 Å². The van der Waals surface area contributed by atoms with Gasteiger partial charge < -0.3 is 10.5 Å². The molecular formula is C19H20F2N6O. The Labute approximate surface area is 161 Å². The number of hydrogen-bond acceptors (Lipinski definition) is 5. The molecule has 28 heavy (non-hydrogen) atoms. The van der Waals surface area contributed by atoms with Crippen LogP contribution in [0.15, 0.2) is 52.4 Å². The molecule has 1 aromatic carbocycles. The van der Waals surface area contributed by atoms with Crippen LogP contribution >= 0.6 is 0 Å². The first-order valence-corrected chi connectivity index (χ1v) is 8.40. The van der Waals surface area contributed by atoms with Crippen molar-refractivity contribution in [3.8, 4) is 17.6 Å². The number of aliphatic imine (C=N–C) groups is 2. The van der Waals surface area contributed by atoms with Gasteiger partial charge in [-0.3, -0.25) is 4.68 Å². The van der Waals surface area contributed by atoms with E-state index in [0.29, 0.717) is 24.1 Å². The summed E-state index contributed by atoms with van der Waals surface area (Å²) in [5.74, 6) is 0.817. The van der Waals surface area contributed by atoms with Crippen LogP contribution in [-0.4, -0.2) is 35.3 Å². The van der Waals surface area contributed by atoms with E-state index in [1.807, 2.05) is 13.0 Å². The second kappa shape index (κ2) is 10.1. The molecule has 0 spiro atoms. The van der Waals surface area contributed by atoms with E-state index in [1.54, 1.807) is 18.3 Å². The van der Waals surface area contributed by atoms with Crippen LogP contribution in [0, 0.1) is 11.3 Å². The summed E-state index contributed by atoms with van der Waals surface area (Å²) in [6.07, 6.45) is 2.46. The maximum Gasteiger partial charge on any atom is 0.257 e. The summed E-state index contributed by atoms with van der Waals surface area (Å²) in [5, 5.41) is 13.0. The Morgan fingerprint density at radius 3 is 2.93 bits per heavy atom. The maximum atomic E-state index is 12.5. The van der Waals surface area contributed by atoms with Crippen LogP contribution in [0.1, 0.15) is 24.5 Å². The average Bonchev–Trinajstić information content (AvgIpc) is 3.09. The van der Waals surface area contributed by atoms with E-state index in [9.17, 15) is 8.78 Å². The molecule has 0 fully saturated rings. The van der Waals surface area contributed by atoms with Crippen LogP contribution in [0.5, 0.6) is 11.5 Å². The van der Waals surface area contributed by atoms with Crippen LogP contribution in [-0.2, 0) is 6.54 Å². The summed E-state index contributed by atoms with van der Waals surface area (Å²) in [6, 6.07) is 6.77. The largest absolute Gasteiger partial charge is 0.453 e. The molecule has 2 aromatic rings. The highest BCUT2D eigenvalue weighted by atomic mass is 19.3. The molecular weight excluding hydrogens is 366 g/mol. The summed E-state index contributed by atoms with van der Waals surface area (Å²) < 4.78 is 31.8. The normalized spacial score (nSPS) is 12.1. The van der Waals surface area contributed by atoms with Crippen LogP contribution in [0.4, 0.5) is 8.78 Å². The molecule has 146 valence electrons. The SMILES string of the molecule is C=N/C(=N\C=C(/C)CCN)c1ccc(C#N)cc1Oc1cnn(CC(F)F)c1. The molecule has 7 nitrogen and oxygen atoms in total. The van der Waals surface area contributed by atoms with Crippen LogP contribution in [0.25, 0.3) is 0 Å². The molecule has 0 amide bonds. The summed E-state index contributed by atoms with van der Waals surface area (Å²) in [7, 11) is 0. The number of rotatable bonds is 8. The lowest BCUT2D eigenvalue weighted by Crippen LogP contribution is -2.06. The summed E-state index contributed by atoms with van der Waals surface area (Å²) in [4.78, 5) is 8.25. The van der Waals surface area contributed by atoms with Gasteiger partial charge in [0.05, 0.1) is 29.6 Å². The average molecular weight is 386 g/mol. The Morgan fingerprint density at radius 2 is 2.29 bits per heavy atom. The van der Waals surface area contributed by atoms with Gasteiger partial charge in [0.25, 0.3) is 6.43 Å². The molecule has 0 aliphatic rings. The van der Waals surface area contributed by atoms with Gasteiger partial charge in [-0.15, -0.1) is 0 Å². The number of nitrogens with zero attached hydrogens (tertiary/aromatic N) is 5. The van der Waals surface area contributed by atoms with Gasteiger partial charge in [0.2, 0.25) is 0 Å². The first kappa shape index (κ1) is 20.9. The summed E-state index contributed by atoms with van der Waals surface area (Å²) in [6.45, 7) is 5.39. The zero-order valence-corrected chi connectivity index (χ0v) is 15.3. The number of hydrogen-bond donors (Lipinski definition) is 1. The van der Waals surface area contributed by atoms with Crippen molar-refractivity contribution in [2.75, 3.05) is 6.54 Å². The third kappa shape index (κ3) is 5.82. The van der Waals surface area contributed by atoms with Crippen molar-refractivity contribution in [1.82, 2.24) is 9.78 Å². The van der Waals surface area contributed by atoms with Gasteiger partial charge in [0.15, 0.2) is 11.6 Å². The number of alkyl halides is 2. The van der Waals surface area contributed by atoms with Gasteiger partial charge in [0, 0.05) is 6.20 Å². The fraction of sp³-hybridized carbons (Fsp3) is 0.263. The van der Waals surface area contributed by atoms with E-state index in [0.717, 1.165) is 10.3 Å². The number of nitrogens with two attached hydrogens (primary N) is 1. The number of halogens is 2. The van der Waals surface area contributed by atoms with Gasteiger partial charge in [-0.25, -0.2) is 18.8 Å². The Hall–Kier alpha value is -3.38. The number of benzene rings is 1. The molecule has 0 unspecified atom stereocenters. The monoisotopic (exact) mass is 386 g/mol. The lowest BCUT2D eigenvalue weighted by atomic mass is 10.1. The maximum absolute atomic E-state index is 12.5. The Bertz CT molecular complexity index is 927. The molecule has 9 heteroatoms. The van der Waals surface area contributed by atoms with Crippen LogP contribution < -0.4 is 10.5 Å². The zero-order valence-electron chi connectivity index (χ0n) is 15.3. The number of aromatic nitrogens is 2. The standard InChI is InChI=1S/C19H20F2N6O/c1-13(5-6-22)9-25-19(24-2)16-4-3-14(8-23)7-17(16)28-15-10-26-27(11-15)12-18(20)21/h3-4,7,9-11,18H,2,5-6,12,22H2,1H3/b13-9+,25-19-. The smallest absolute Gasteiger partial charge is 0.257 e. The second-order valence-corrected chi connectivity index (χ2v) is 5.84. The predicted octanol–water partition coefficient (Wildman–Crippen LogP) is 3.51. The molecule has 0 saturated heterocycles. The minimum Gasteiger partial charge on any atom is -0.453 e. The molecule has 2 N–H and O–H groups in total. The Balaban J connectivity index is 2.38. The highest BCUT2D eigenvalue weighted by molar-refractivity contribution is 6.04. The van der Waals surface area contributed by atoms with Crippen molar-refractivity contribution in [2.24, 2.45) is 15.7 Å². The molecule has 0 atom stereocenters. The topological polar surface area (TPSA) is 102 Å². The molecule has 0 aliphatic heterocycles. The van der Waals surface area contributed by atoms with Crippen molar-refractivity contribution >= 4 is 12.6 Å². The number of amidine groups is 1. The molecule has 0 saturated carbocycles. The third-order valence-electron chi connectivity index (χ3n) is 3.61. The third-order valence-corrected chi connectivity index (χ3v) is 3.61. The van der Waals surface area contributed by atoms with Crippen molar-refractivity contribution in [3.63, 3.8) is 0 Å². The number of nitriles is 1. The highest BCUT2D eigenvalue weighted by Gasteiger charge is 2.13. The van der Waals surface area contributed by atoms with E-state index in [-0.39, 0.29) is 17.3 Å². The van der Waals surface area contributed by atoms with Crippen molar-refractivity contribution < 1.29 is 13.5 Å². The van der Waals surface area contributed by atoms with Crippen molar-refractivity contribution in [1.29, 1.82) is 5.26 Å². The fourth-order valence-electron chi connectivity index (χ4n) is 2.29. The summed E-state index contributed by atoms with van der Waals surface area (Å²) >= 11 is 0. The van der Waals surface area contributed by atoms with Crippen molar-refractivity contribution in [3.05, 3.63) is 53.5 Å². The number of ether oxygens (including phenoxy) is 1. The second-order valence-electron chi connectivity index (χ2n) is 5.84. The van der Waals surface area contributed by atoms with Gasteiger partial charge in [0.1, 0.15) is 12.3 Å². The molecule has 0 aliphatic carbocycles. The molecule has 0 bridgehead atoms. The van der Waals surface area contributed by atoms with Gasteiger partial charge in [-0.1, -0.05) is 5.57 Å². The first-order valence-electron chi connectivity index (χ1n) is 8.40. The van der Waals surface area contributed by atoms with E-state index in [2.05, 4.69) is 21.8 Å². The predicted molar refractivity (Wildman–Crippen MR) is 103 cm³/mol. The molecule has 2 rings (SSSR count). The van der Waals surface area contributed by atoms with Gasteiger partial charge >= 0.3 is 0 Å². The lowest BCUT2D eigenvalue weighted by Gasteiger charge is -2.10. The summed E-state index contributed by atoms with van der Waals surface area (Å²) in [5.41, 5.74) is 7.34. The van der Waals surface area contributed by atoms with Crippen LogP contribution in [0.2, 0.25) is 0 Å². The molecule has 1 aromatic heterocycles.